The molecule has 0 aliphatic carbocycles. The summed E-state index contributed by atoms with van der Waals surface area (Å²) in [7, 11) is 0. The summed E-state index contributed by atoms with van der Waals surface area (Å²) in [5, 5.41) is 0. The number of carbonyl (C=O) groups is 1. The van der Waals surface area contributed by atoms with Gasteiger partial charge in [-0.2, -0.15) is 0 Å². The predicted octanol–water partition coefficient (Wildman–Crippen LogP) is 2.70. The van der Waals surface area contributed by atoms with Crippen molar-refractivity contribution < 1.29 is 9.53 Å². The van der Waals surface area contributed by atoms with Crippen molar-refractivity contribution in [3.8, 4) is 0 Å². The van der Waals surface area contributed by atoms with Crippen LogP contribution in [0, 0.1) is 0 Å². The van der Waals surface area contributed by atoms with Gasteiger partial charge in [-0.15, -0.1) is 11.6 Å². The van der Waals surface area contributed by atoms with Gasteiger partial charge in [-0.1, -0.05) is 36.9 Å². The largest absolute Gasteiger partial charge is 0.452 e. The van der Waals surface area contributed by atoms with Crippen LogP contribution in [0.5, 0.6) is 0 Å². The van der Waals surface area contributed by atoms with Gasteiger partial charge in [0.25, 0.3) is 0 Å². The normalized spacial score (nSPS) is 11.8. The first-order chi connectivity index (χ1) is 6.77. The molecule has 14 heavy (non-hydrogen) atoms. The van der Waals surface area contributed by atoms with Crippen LogP contribution in [0.1, 0.15) is 11.7 Å². The number of halogens is 1. The number of ether oxygens (including phenoxy) is 1. The Bertz CT molecular complexity index is 308. The van der Waals surface area contributed by atoms with Gasteiger partial charge in [0.1, 0.15) is 12.0 Å². The Labute approximate surface area is 88.1 Å². The van der Waals surface area contributed by atoms with Gasteiger partial charge in [-0.25, -0.2) is 0 Å². The molecule has 1 aromatic carbocycles. The molecule has 1 atom stereocenters. The molecule has 0 fully saturated rings. The zero-order valence-electron chi connectivity index (χ0n) is 7.65. The highest BCUT2D eigenvalue weighted by Gasteiger charge is 2.11. The average Bonchev–Trinajstić information content (AvgIpc) is 2.26. The highest BCUT2D eigenvalue weighted by Crippen LogP contribution is 2.18. The minimum absolute atomic E-state index is 0.142. The molecule has 0 saturated heterocycles. The van der Waals surface area contributed by atoms with Crippen LogP contribution in [-0.2, 0) is 9.53 Å². The highest BCUT2D eigenvalue weighted by atomic mass is 35.5. The number of rotatable bonds is 4. The lowest BCUT2D eigenvalue weighted by atomic mass is 10.1. The summed E-state index contributed by atoms with van der Waals surface area (Å²) in [6, 6.07) is 9.38. The van der Waals surface area contributed by atoms with Crippen molar-refractivity contribution in [2.24, 2.45) is 0 Å². The van der Waals surface area contributed by atoms with E-state index in [1.807, 2.05) is 30.3 Å². The number of alkyl halides is 1. The molecule has 0 amide bonds. The quantitative estimate of drug-likeness (QED) is 0.434. The maximum atomic E-state index is 11.0. The van der Waals surface area contributed by atoms with E-state index in [0.717, 1.165) is 5.56 Å². The van der Waals surface area contributed by atoms with E-state index in [1.54, 1.807) is 6.08 Å². The van der Waals surface area contributed by atoms with Crippen LogP contribution in [0.25, 0.3) is 0 Å². The molecule has 0 aromatic heterocycles. The van der Waals surface area contributed by atoms with E-state index in [2.05, 4.69) is 6.58 Å². The van der Waals surface area contributed by atoms with E-state index in [-0.39, 0.29) is 5.88 Å². The fourth-order valence-corrected chi connectivity index (χ4v) is 1.13. The monoisotopic (exact) mass is 210 g/mol. The molecule has 0 spiro atoms. The molecule has 1 unspecified atom stereocenters. The second kappa shape index (κ2) is 5.45. The van der Waals surface area contributed by atoms with Crippen molar-refractivity contribution in [1.29, 1.82) is 0 Å². The molecule has 0 radical (unpaired) electrons. The Morgan fingerprint density at radius 3 is 2.64 bits per heavy atom. The Morgan fingerprint density at radius 2 is 2.14 bits per heavy atom. The molecule has 0 heterocycles. The first kappa shape index (κ1) is 10.8. The van der Waals surface area contributed by atoms with Crippen molar-refractivity contribution in [2.45, 2.75) is 6.10 Å². The summed E-state index contributed by atoms with van der Waals surface area (Å²) in [6.45, 7) is 3.60. The second-order valence-corrected chi connectivity index (χ2v) is 2.96. The van der Waals surface area contributed by atoms with Crippen LogP contribution < -0.4 is 0 Å². The number of benzene rings is 1. The number of carbonyl (C=O) groups excluding carboxylic acids is 1. The summed E-state index contributed by atoms with van der Waals surface area (Å²) in [4.78, 5) is 11.0. The summed E-state index contributed by atoms with van der Waals surface area (Å²) >= 11 is 5.33. The molecule has 3 heteroatoms. The van der Waals surface area contributed by atoms with Crippen LogP contribution in [0.3, 0.4) is 0 Å². The third-order valence-electron chi connectivity index (χ3n) is 1.71. The summed E-state index contributed by atoms with van der Waals surface area (Å²) < 4.78 is 5.05. The first-order valence-electron chi connectivity index (χ1n) is 4.21. The molecule has 0 aliphatic rings. The smallest absolute Gasteiger partial charge is 0.321 e. The SMILES string of the molecule is C=CC(OC(=O)CCl)c1ccccc1. The number of hydrogen-bond donors (Lipinski definition) is 0. The highest BCUT2D eigenvalue weighted by molar-refractivity contribution is 6.26. The zero-order chi connectivity index (χ0) is 10.4. The molecule has 2 nitrogen and oxygen atoms in total. The predicted molar refractivity (Wildman–Crippen MR) is 56.2 cm³/mol. The molecule has 0 bridgehead atoms. The number of hydrogen-bond acceptors (Lipinski definition) is 2. The minimum atomic E-state index is -0.444. The van der Waals surface area contributed by atoms with E-state index < -0.39 is 12.1 Å². The maximum Gasteiger partial charge on any atom is 0.321 e. The third-order valence-corrected chi connectivity index (χ3v) is 1.93. The van der Waals surface area contributed by atoms with Gasteiger partial charge < -0.3 is 4.74 Å². The molecule has 0 saturated carbocycles. The van der Waals surface area contributed by atoms with Crippen LogP contribution in [0.4, 0.5) is 0 Å². The lowest BCUT2D eigenvalue weighted by Gasteiger charge is -2.12. The Kier molecular flexibility index (Phi) is 4.20. The van der Waals surface area contributed by atoms with E-state index in [1.165, 1.54) is 0 Å². The van der Waals surface area contributed by atoms with E-state index >= 15 is 0 Å². The van der Waals surface area contributed by atoms with Gasteiger partial charge in [0.15, 0.2) is 0 Å². The summed E-state index contributed by atoms with van der Waals surface area (Å²) in [6.07, 6.45) is 1.15. The van der Waals surface area contributed by atoms with Crippen molar-refractivity contribution >= 4 is 17.6 Å². The third kappa shape index (κ3) is 2.89. The van der Waals surface area contributed by atoms with Gasteiger partial charge in [0.05, 0.1) is 0 Å². The molecule has 1 rings (SSSR count). The molecule has 74 valence electrons. The standard InChI is InChI=1S/C11H11ClO2/c1-2-10(14-11(13)8-12)9-6-4-3-5-7-9/h2-7,10H,1,8H2. The van der Waals surface area contributed by atoms with E-state index in [4.69, 9.17) is 16.3 Å². The Balaban J connectivity index is 2.73. The van der Waals surface area contributed by atoms with Crippen molar-refractivity contribution in [1.82, 2.24) is 0 Å². The number of esters is 1. The topological polar surface area (TPSA) is 26.3 Å². The Morgan fingerprint density at radius 1 is 1.50 bits per heavy atom. The Hall–Kier alpha value is -1.28. The first-order valence-corrected chi connectivity index (χ1v) is 4.74. The maximum absolute atomic E-state index is 11.0. The molecular formula is C11H11ClO2. The van der Waals surface area contributed by atoms with Gasteiger partial charge in [0.2, 0.25) is 0 Å². The van der Waals surface area contributed by atoms with Gasteiger partial charge >= 0.3 is 5.97 Å². The average molecular weight is 211 g/mol. The minimum Gasteiger partial charge on any atom is -0.452 e. The zero-order valence-corrected chi connectivity index (χ0v) is 8.41. The molecule has 0 N–H and O–H groups in total. The summed E-state index contributed by atoms with van der Waals surface area (Å²) in [5.74, 6) is -0.586. The van der Waals surface area contributed by atoms with Gasteiger partial charge in [0, 0.05) is 0 Å². The molecular weight excluding hydrogens is 200 g/mol. The van der Waals surface area contributed by atoms with E-state index in [9.17, 15) is 4.79 Å². The van der Waals surface area contributed by atoms with Crippen LogP contribution in [-0.4, -0.2) is 11.8 Å². The molecule has 0 aliphatic heterocycles. The van der Waals surface area contributed by atoms with Crippen LogP contribution >= 0.6 is 11.6 Å². The second-order valence-electron chi connectivity index (χ2n) is 2.69. The fourth-order valence-electron chi connectivity index (χ4n) is 1.07. The van der Waals surface area contributed by atoms with E-state index in [0.29, 0.717) is 0 Å². The van der Waals surface area contributed by atoms with Crippen molar-refractivity contribution in [3.63, 3.8) is 0 Å². The van der Waals surface area contributed by atoms with Crippen molar-refractivity contribution in [3.05, 3.63) is 48.6 Å². The van der Waals surface area contributed by atoms with Gasteiger partial charge in [-0.3, -0.25) is 4.79 Å². The fraction of sp³-hybridized carbons (Fsp3) is 0.182. The lowest BCUT2D eigenvalue weighted by Crippen LogP contribution is -2.10. The lowest BCUT2D eigenvalue weighted by molar-refractivity contribution is -0.144. The van der Waals surface area contributed by atoms with Gasteiger partial charge in [-0.05, 0) is 11.6 Å². The van der Waals surface area contributed by atoms with Crippen LogP contribution in [0.2, 0.25) is 0 Å². The van der Waals surface area contributed by atoms with Crippen molar-refractivity contribution in [2.75, 3.05) is 5.88 Å². The molecule has 1 aromatic rings. The summed E-state index contributed by atoms with van der Waals surface area (Å²) in [5.41, 5.74) is 0.890. The van der Waals surface area contributed by atoms with Crippen LogP contribution in [0.15, 0.2) is 43.0 Å².